The zero-order valence-electron chi connectivity index (χ0n) is 10.8. The molecule has 0 radical (unpaired) electrons. The molecule has 98 valence electrons. The van der Waals surface area contributed by atoms with Crippen LogP contribution >= 0.6 is 12.6 Å². The standard InChI is InChI=1S/C13H24N2OS/c1-13(15-7-2-3-8-15)5-9-14(10-6-13)12(16)4-11-17/h17H,2-11H2,1H3. The Balaban J connectivity index is 1.86. The lowest BCUT2D eigenvalue weighted by Crippen LogP contribution is -2.53. The monoisotopic (exact) mass is 256 g/mol. The van der Waals surface area contributed by atoms with Gasteiger partial charge < -0.3 is 4.90 Å². The molecule has 0 aliphatic carbocycles. The van der Waals surface area contributed by atoms with E-state index in [1.807, 2.05) is 4.90 Å². The van der Waals surface area contributed by atoms with Gasteiger partial charge in [-0.25, -0.2) is 0 Å². The highest BCUT2D eigenvalue weighted by molar-refractivity contribution is 7.80. The molecule has 1 amide bonds. The number of carbonyl (C=O) groups excluding carboxylic acids is 1. The van der Waals surface area contributed by atoms with Gasteiger partial charge in [-0.3, -0.25) is 9.69 Å². The van der Waals surface area contributed by atoms with E-state index in [4.69, 9.17) is 0 Å². The van der Waals surface area contributed by atoms with Crippen molar-refractivity contribution in [1.29, 1.82) is 0 Å². The Morgan fingerprint density at radius 1 is 1.18 bits per heavy atom. The Bertz CT molecular complexity index is 269. The summed E-state index contributed by atoms with van der Waals surface area (Å²) >= 11 is 4.13. The Kier molecular flexibility index (Phi) is 4.36. The maximum absolute atomic E-state index is 11.8. The van der Waals surface area contributed by atoms with Crippen molar-refractivity contribution in [2.24, 2.45) is 0 Å². The molecule has 2 aliphatic rings. The van der Waals surface area contributed by atoms with Crippen molar-refractivity contribution < 1.29 is 4.79 Å². The normalized spacial score (nSPS) is 25.2. The van der Waals surface area contributed by atoms with Crippen LogP contribution in [-0.4, -0.2) is 53.2 Å². The van der Waals surface area contributed by atoms with Crippen LogP contribution in [0.1, 0.15) is 39.0 Å². The zero-order valence-corrected chi connectivity index (χ0v) is 11.7. The van der Waals surface area contributed by atoms with E-state index < -0.39 is 0 Å². The van der Waals surface area contributed by atoms with Crippen molar-refractivity contribution in [3.05, 3.63) is 0 Å². The first-order chi connectivity index (χ1) is 8.15. The smallest absolute Gasteiger partial charge is 0.223 e. The fourth-order valence-corrected chi connectivity index (χ4v) is 3.26. The van der Waals surface area contributed by atoms with Crippen LogP contribution in [-0.2, 0) is 4.79 Å². The second-order valence-corrected chi connectivity index (χ2v) is 5.99. The van der Waals surface area contributed by atoms with Crippen molar-refractivity contribution in [1.82, 2.24) is 9.80 Å². The van der Waals surface area contributed by atoms with Crippen LogP contribution in [0.5, 0.6) is 0 Å². The number of hydrogen-bond acceptors (Lipinski definition) is 3. The highest BCUT2D eigenvalue weighted by Crippen LogP contribution is 2.31. The summed E-state index contributed by atoms with van der Waals surface area (Å²) in [6, 6.07) is 0. The second kappa shape index (κ2) is 5.61. The van der Waals surface area contributed by atoms with Crippen molar-refractivity contribution in [3.63, 3.8) is 0 Å². The summed E-state index contributed by atoms with van der Waals surface area (Å²) in [6.45, 7) is 6.74. The molecule has 0 unspecified atom stereocenters. The molecule has 2 rings (SSSR count). The summed E-state index contributed by atoms with van der Waals surface area (Å²) in [7, 11) is 0. The molecule has 2 aliphatic heterocycles. The largest absolute Gasteiger partial charge is 0.343 e. The summed E-state index contributed by atoms with van der Waals surface area (Å²) in [5.41, 5.74) is 0.342. The first-order valence-corrected chi connectivity index (χ1v) is 7.43. The van der Waals surface area contributed by atoms with Gasteiger partial charge in [0.15, 0.2) is 0 Å². The van der Waals surface area contributed by atoms with E-state index in [0.29, 0.717) is 17.7 Å². The average molecular weight is 256 g/mol. The maximum Gasteiger partial charge on any atom is 0.223 e. The van der Waals surface area contributed by atoms with Crippen LogP contribution in [0.4, 0.5) is 0 Å². The fraction of sp³-hybridized carbons (Fsp3) is 0.923. The Morgan fingerprint density at radius 2 is 1.76 bits per heavy atom. The van der Waals surface area contributed by atoms with E-state index in [1.54, 1.807) is 0 Å². The molecule has 0 atom stereocenters. The number of hydrogen-bond donors (Lipinski definition) is 1. The molecule has 0 saturated carbocycles. The number of thiol groups is 1. The molecular weight excluding hydrogens is 232 g/mol. The summed E-state index contributed by atoms with van der Waals surface area (Å²) in [5.74, 6) is 0.946. The minimum atomic E-state index is 0.281. The number of piperidine rings is 1. The zero-order chi connectivity index (χ0) is 12.3. The van der Waals surface area contributed by atoms with E-state index in [-0.39, 0.29) is 5.91 Å². The highest BCUT2D eigenvalue weighted by atomic mass is 32.1. The van der Waals surface area contributed by atoms with Crippen LogP contribution < -0.4 is 0 Å². The van der Waals surface area contributed by atoms with Crippen LogP contribution in [0.25, 0.3) is 0 Å². The number of likely N-dealkylation sites (tertiary alicyclic amines) is 2. The summed E-state index contributed by atoms with van der Waals surface area (Å²) in [4.78, 5) is 16.4. The Hall–Kier alpha value is -0.220. The average Bonchev–Trinajstić information content (AvgIpc) is 2.84. The SMILES string of the molecule is CC1(N2CCCC2)CCN(C(=O)CCS)CC1. The number of nitrogens with zero attached hydrogens (tertiary/aromatic N) is 2. The minimum Gasteiger partial charge on any atom is -0.343 e. The van der Waals surface area contributed by atoms with E-state index in [0.717, 1.165) is 25.9 Å². The molecule has 0 aromatic carbocycles. The third-order valence-electron chi connectivity index (χ3n) is 4.39. The van der Waals surface area contributed by atoms with Crippen molar-refractivity contribution in [2.75, 3.05) is 31.9 Å². The summed E-state index contributed by atoms with van der Waals surface area (Å²) < 4.78 is 0. The first-order valence-electron chi connectivity index (χ1n) is 6.79. The van der Waals surface area contributed by atoms with Crippen LogP contribution in [0.2, 0.25) is 0 Å². The molecular formula is C13H24N2OS. The molecule has 2 heterocycles. The molecule has 4 heteroatoms. The lowest BCUT2D eigenvalue weighted by atomic mass is 9.88. The quantitative estimate of drug-likeness (QED) is 0.778. The Labute approximate surface area is 110 Å². The van der Waals surface area contributed by atoms with E-state index in [1.165, 1.54) is 25.9 Å². The lowest BCUT2D eigenvalue weighted by Gasteiger charge is -2.45. The van der Waals surface area contributed by atoms with Crippen molar-refractivity contribution in [3.8, 4) is 0 Å². The van der Waals surface area contributed by atoms with Crippen LogP contribution in [0, 0.1) is 0 Å². The summed E-state index contributed by atoms with van der Waals surface area (Å²) in [5, 5.41) is 0. The van der Waals surface area contributed by atoms with Crippen LogP contribution in [0.15, 0.2) is 0 Å². The van der Waals surface area contributed by atoms with Gasteiger partial charge in [0.2, 0.25) is 5.91 Å². The van der Waals surface area contributed by atoms with Gasteiger partial charge in [-0.05, 0) is 51.4 Å². The lowest BCUT2D eigenvalue weighted by molar-refractivity contribution is -0.133. The van der Waals surface area contributed by atoms with E-state index >= 15 is 0 Å². The molecule has 0 aromatic rings. The van der Waals surface area contributed by atoms with Gasteiger partial charge in [-0.2, -0.15) is 12.6 Å². The fourth-order valence-electron chi connectivity index (χ4n) is 3.06. The van der Waals surface area contributed by atoms with Gasteiger partial charge in [-0.1, -0.05) is 0 Å². The van der Waals surface area contributed by atoms with Crippen molar-refractivity contribution in [2.45, 2.75) is 44.6 Å². The third-order valence-corrected chi connectivity index (χ3v) is 4.61. The van der Waals surface area contributed by atoms with Gasteiger partial charge in [-0.15, -0.1) is 0 Å². The van der Waals surface area contributed by atoms with Gasteiger partial charge in [0.1, 0.15) is 0 Å². The van der Waals surface area contributed by atoms with Gasteiger partial charge in [0.25, 0.3) is 0 Å². The van der Waals surface area contributed by atoms with Gasteiger partial charge in [0, 0.05) is 25.0 Å². The highest BCUT2D eigenvalue weighted by Gasteiger charge is 2.37. The van der Waals surface area contributed by atoms with Crippen molar-refractivity contribution >= 4 is 18.5 Å². The van der Waals surface area contributed by atoms with E-state index in [2.05, 4.69) is 24.5 Å². The molecule has 3 nitrogen and oxygen atoms in total. The maximum atomic E-state index is 11.8. The molecule has 17 heavy (non-hydrogen) atoms. The predicted octanol–water partition coefficient (Wildman–Crippen LogP) is 1.78. The minimum absolute atomic E-state index is 0.281. The number of rotatable bonds is 3. The first kappa shape index (κ1) is 13.2. The molecule has 0 N–H and O–H groups in total. The summed E-state index contributed by atoms with van der Waals surface area (Å²) in [6.07, 6.45) is 5.54. The molecule has 2 fully saturated rings. The second-order valence-electron chi connectivity index (χ2n) is 5.55. The third kappa shape index (κ3) is 2.97. The van der Waals surface area contributed by atoms with Gasteiger partial charge in [0.05, 0.1) is 0 Å². The molecule has 0 spiro atoms. The van der Waals surface area contributed by atoms with E-state index in [9.17, 15) is 4.79 Å². The Morgan fingerprint density at radius 3 is 2.29 bits per heavy atom. The van der Waals surface area contributed by atoms with Gasteiger partial charge >= 0.3 is 0 Å². The predicted molar refractivity (Wildman–Crippen MR) is 73.5 cm³/mol. The topological polar surface area (TPSA) is 23.6 Å². The molecule has 2 saturated heterocycles. The van der Waals surface area contributed by atoms with Crippen LogP contribution in [0.3, 0.4) is 0 Å². The number of carbonyl (C=O) groups is 1. The molecule has 0 bridgehead atoms. The number of amides is 1. The molecule has 0 aromatic heterocycles.